The number of carbonyl (C=O) groups excluding carboxylic acids is 1. The summed E-state index contributed by atoms with van der Waals surface area (Å²) in [5.74, 6) is 1.31. The van der Waals surface area contributed by atoms with Crippen molar-refractivity contribution in [3.8, 4) is 11.5 Å². The van der Waals surface area contributed by atoms with Crippen molar-refractivity contribution in [2.75, 3.05) is 33.9 Å². The van der Waals surface area contributed by atoms with Crippen molar-refractivity contribution in [1.29, 1.82) is 0 Å². The number of nitrogens with zero attached hydrogens (tertiary/aromatic N) is 4. The van der Waals surface area contributed by atoms with E-state index in [1.165, 1.54) is 0 Å². The van der Waals surface area contributed by atoms with Gasteiger partial charge in [-0.1, -0.05) is 11.3 Å². The van der Waals surface area contributed by atoms with Crippen molar-refractivity contribution < 1.29 is 14.3 Å². The van der Waals surface area contributed by atoms with Crippen LogP contribution in [0.25, 0.3) is 0 Å². The quantitative estimate of drug-likeness (QED) is 0.850. The molecule has 1 unspecified atom stereocenters. The van der Waals surface area contributed by atoms with Crippen LogP contribution in [0.5, 0.6) is 11.5 Å². The zero-order valence-electron chi connectivity index (χ0n) is 16.4. The van der Waals surface area contributed by atoms with E-state index in [9.17, 15) is 4.79 Å². The largest absolute Gasteiger partial charge is 0.493 e. The number of carbonyl (C=O) groups is 1. The lowest BCUT2D eigenvalue weighted by molar-refractivity contribution is 0.0729. The van der Waals surface area contributed by atoms with Crippen molar-refractivity contribution in [2.45, 2.75) is 37.8 Å². The monoisotopic (exact) mass is 385 g/mol. The van der Waals surface area contributed by atoms with Crippen LogP contribution in [0, 0.1) is 0 Å². The van der Waals surface area contributed by atoms with Crippen LogP contribution in [-0.2, 0) is 0 Å². The van der Waals surface area contributed by atoms with Gasteiger partial charge in [0.05, 0.1) is 32.5 Å². The SMILES string of the molecule is COc1ccc(C2CCCN2C(=O)c2cn(C3CCNCC3)nn2)cc1OC. The van der Waals surface area contributed by atoms with Crippen LogP contribution in [0.4, 0.5) is 0 Å². The van der Waals surface area contributed by atoms with Gasteiger partial charge in [-0.25, -0.2) is 4.68 Å². The molecule has 3 heterocycles. The maximum Gasteiger partial charge on any atom is 0.276 e. The predicted molar refractivity (Wildman–Crippen MR) is 104 cm³/mol. The Morgan fingerprint density at radius 2 is 1.93 bits per heavy atom. The van der Waals surface area contributed by atoms with Crippen LogP contribution in [0.1, 0.15) is 53.8 Å². The minimum atomic E-state index is -0.0579. The first-order chi connectivity index (χ1) is 13.7. The van der Waals surface area contributed by atoms with Crippen molar-refractivity contribution in [2.24, 2.45) is 0 Å². The number of benzene rings is 1. The van der Waals surface area contributed by atoms with Crippen molar-refractivity contribution in [3.05, 3.63) is 35.7 Å². The molecule has 0 aliphatic carbocycles. The van der Waals surface area contributed by atoms with Gasteiger partial charge in [-0.3, -0.25) is 4.79 Å². The molecule has 28 heavy (non-hydrogen) atoms. The summed E-state index contributed by atoms with van der Waals surface area (Å²) in [5.41, 5.74) is 1.47. The molecule has 1 N–H and O–H groups in total. The first-order valence-electron chi connectivity index (χ1n) is 9.86. The Morgan fingerprint density at radius 1 is 1.14 bits per heavy atom. The van der Waals surface area contributed by atoms with E-state index in [1.807, 2.05) is 34.0 Å². The Labute approximate surface area is 164 Å². The molecule has 2 fully saturated rings. The molecule has 1 aromatic heterocycles. The van der Waals surface area contributed by atoms with Gasteiger partial charge in [-0.15, -0.1) is 5.10 Å². The highest BCUT2D eigenvalue weighted by Crippen LogP contribution is 2.37. The first kappa shape index (κ1) is 18.7. The predicted octanol–water partition coefficient (Wildman–Crippen LogP) is 2.20. The van der Waals surface area contributed by atoms with Gasteiger partial charge < -0.3 is 19.7 Å². The van der Waals surface area contributed by atoms with E-state index in [0.29, 0.717) is 23.2 Å². The van der Waals surface area contributed by atoms with Crippen LogP contribution in [0.15, 0.2) is 24.4 Å². The molecule has 150 valence electrons. The topological polar surface area (TPSA) is 81.5 Å². The fraction of sp³-hybridized carbons (Fsp3) is 0.550. The number of aromatic nitrogens is 3. The number of piperidine rings is 1. The van der Waals surface area contributed by atoms with Gasteiger partial charge in [-0.2, -0.15) is 0 Å². The highest BCUT2D eigenvalue weighted by atomic mass is 16.5. The highest BCUT2D eigenvalue weighted by molar-refractivity contribution is 5.92. The summed E-state index contributed by atoms with van der Waals surface area (Å²) >= 11 is 0. The number of hydrogen-bond acceptors (Lipinski definition) is 6. The van der Waals surface area contributed by atoms with Gasteiger partial charge in [0.15, 0.2) is 17.2 Å². The molecule has 0 spiro atoms. The van der Waals surface area contributed by atoms with Crippen LogP contribution in [0.3, 0.4) is 0 Å². The molecule has 0 saturated carbocycles. The molecule has 0 radical (unpaired) electrons. The maximum absolute atomic E-state index is 13.1. The molecule has 4 rings (SSSR count). The normalized spacial score (nSPS) is 20.4. The third-order valence-corrected chi connectivity index (χ3v) is 5.72. The lowest BCUT2D eigenvalue weighted by Crippen LogP contribution is -2.31. The average Bonchev–Trinajstić information content (AvgIpc) is 3.43. The molecule has 1 atom stereocenters. The van der Waals surface area contributed by atoms with E-state index in [-0.39, 0.29) is 11.9 Å². The highest BCUT2D eigenvalue weighted by Gasteiger charge is 2.33. The zero-order valence-corrected chi connectivity index (χ0v) is 16.4. The number of rotatable bonds is 5. The molecule has 1 aromatic carbocycles. The smallest absolute Gasteiger partial charge is 0.276 e. The molecule has 2 saturated heterocycles. The summed E-state index contributed by atoms with van der Waals surface area (Å²) < 4.78 is 12.6. The molecular formula is C20H27N5O3. The van der Waals surface area contributed by atoms with Gasteiger partial charge in [-0.05, 0) is 56.5 Å². The minimum absolute atomic E-state index is 0.0105. The summed E-state index contributed by atoms with van der Waals surface area (Å²) in [7, 11) is 3.24. The van der Waals surface area contributed by atoms with E-state index >= 15 is 0 Å². The van der Waals surface area contributed by atoms with Crippen LogP contribution in [-0.4, -0.2) is 59.7 Å². The van der Waals surface area contributed by atoms with Gasteiger partial charge in [0.25, 0.3) is 5.91 Å². The summed E-state index contributed by atoms with van der Waals surface area (Å²) in [4.78, 5) is 15.0. The third kappa shape index (κ3) is 3.56. The molecule has 2 aliphatic rings. The molecular weight excluding hydrogens is 358 g/mol. The number of amides is 1. The Bertz CT molecular complexity index is 831. The molecule has 0 bridgehead atoms. The van der Waals surface area contributed by atoms with Crippen LogP contribution in [0.2, 0.25) is 0 Å². The molecule has 8 nitrogen and oxygen atoms in total. The van der Waals surface area contributed by atoms with E-state index in [4.69, 9.17) is 9.47 Å². The molecule has 8 heteroatoms. The van der Waals surface area contributed by atoms with E-state index in [2.05, 4.69) is 15.6 Å². The molecule has 2 aromatic rings. The van der Waals surface area contributed by atoms with E-state index in [0.717, 1.165) is 50.9 Å². The lowest BCUT2D eigenvalue weighted by atomic mass is 10.0. The second-order valence-electron chi connectivity index (χ2n) is 7.34. The molecule has 1 amide bonds. The summed E-state index contributed by atoms with van der Waals surface area (Å²) in [6, 6.07) is 6.18. The third-order valence-electron chi connectivity index (χ3n) is 5.72. The standard InChI is InChI=1S/C20H27N5O3/c1-27-18-6-5-14(12-19(18)28-2)17-4-3-11-24(17)20(26)16-13-25(23-22-16)15-7-9-21-10-8-15/h5-6,12-13,15,17,21H,3-4,7-11H2,1-2H3. The van der Waals surface area contributed by atoms with Gasteiger partial charge >= 0.3 is 0 Å². The fourth-order valence-corrected chi connectivity index (χ4v) is 4.19. The van der Waals surface area contributed by atoms with Gasteiger partial charge in [0.1, 0.15) is 0 Å². The first-order valence-corrected chi connectivity index (χ1v) is 9.86. The Kier molecular flexibility index (Phi) is 5.47. The summed E-state index contributed by atoms with van der Waals surface area (Å²) in [5, 5.41) is 11.8. The number of ether oxygens (including phenoxy) is 2. The minimum Gasteiger partial charge on any atom is -0.493 e. The van der Waals surface area contributed by atoms with Crippen molar-refractivity contribution >= 4 is 5.91 Å². The fourth-order valence-electron chi connectivity index (χ4n) is 4.19. The van der Waals surface area contributed by atoms with Gasteiger partial charge in [0, 0.05) is 6.54 Å². The summed E-state index contributed by atoms with van der Waals surface area (Å²) in [6.45, 7) is 2.67. The average molecular weight is 385 g/mol. The Morgan fingerprint density at radius 3 is 2.68 bits per heavy atom. The van der Waals surface area contributed by atoms with Crippen molar-refractivity contribution in [3.63, 3.8) is 0 Å². The Hall–Kier alpha value is -2.61. The van der Waals surface area contributed by atoms with Crippen LogP contribution >= 0.6 is 0 Å². The maximum atomic E-state index is 13.1. The zero-order chi connectivity index (χ0) is 19.5. The lowest BCUT2D eigenvalue weighted by Gasteiger charge is -2.25. The summed E-state index contributed by atoms with van der Waals surface area (Å²) in [6.07, 6.45) is 5.71. The van der Waals surface area contributed by atoms with E-state index in [1.54, 1.807) is 14.2 Å². The van der Waals surface area contributed by atoms with E-state index < -0.39 is 0 Å². The molecule has 2 aliphatic heterocycles. The van der Waals surface area contributed by atoms with Gasteiger partial charge in [0.2, 0.25) is 0 Å². The Balaban J connectivity index is 1.53. The second-order valence-corrected chi connectivity index (χ2v) is 7.34. The number of hydrogen-bond donors (Lipinski definition) is 1. The number of likely N-dealkylation sites (tertiary alicyclic amines) is 1. The van der Waals surface area contributed by atoms with Crippen molar-refractivity contribution in [1.82, 2.24) is 25.2 Å². The number of nitrogens with one attached hydrogen (secondary N) is 1. The number of methoxy groups -OCH3 is 2. The second kappa shape index (κ2) is 8.18. The van der Waals surface area contributed by atoms with Crippen LogP contribution < -0.4 is 14.8 Å².